The summed E-state index contributed by atoms with van der Waals surface area (Å²) in [6.07, 6.45) is 0.887. The Labute approximate surface area is 241 Å². The van der Waals surface area contributed by atoms with Crippen molar-refractivity contribution in [2.75, 3.05) is 37.9 Å². The Kier molecular flexibility index (Phi) is 9.03. The van der Waals surface area contributed by atoms with E-state index < -0.39 is 11.3 Å². The van der Waals surface area contributed by atoms with Crippen LogP contribution in [0.4, 0.5) is 17.1 Å². The number of nitrogens with zero attached hydrogens (tertiary/aromatic N) is 1. The number of esters is 1. The minimum absolute atomic E-state index is 0.167. The molecule has 0 saturated carbocycles. The number of hydrogen-bond acceptors (Lipinski definition) is 7. The van der Waals surface area contributed by atoms with Crippen LogP contribution in [0.3, 0.4) is 0 Å². The predicted molar refractivity (Wildman–Crippen MR) is 160 cm³/mol. The number of para-hydroxylation sites is 1. The molecule has 0 spiro atoms. The molecular weight excluding hydrogens is 518 g/mol. The van der Waals surface area contributed by atoms with Crippen molar-refractivity contribution in [3.63, 3.8) is 0 Å². The molecule has 4 rings (SSSR count). The fourth-order valence-electron chi connectivity index (χ4n) is 4.69. The zero-order chi connectivity index (χ0) is 29.7. The number of hydrogen-bond donors (Lipinski definition) is 2. The third-order valence-corrected chi connectivity index (χ3v) is 7.36. The van der Waals surface area contributed by atoms with E-state index in [0.717, 1.165) is 5.69 Å². The third kappa shape index (κ3) is 6.72. The van der Waals surface area contributed by atoms with Gasteiger partial charge in [0, 0.05) is 29.3 Å². The number of rotatable bonds is 11. The lowest BCUT2D eigenvalue weighted by Crippen LogP contribution is -2.31. The molecule has 0 aromatic heterocycles. The van der Waals surface area contributed by atoms with Gasteiger partial charge in [0.2, 0.25) is 5.91 Å². The van der Waals surface area contributed by atoms with E-state index in [1.807, 2.05) is 63.2 Å². The molecule has 3 aromatic rings. The van der Waals surface area contributed by atoms with Crippen molar-refractivity contribution in [3.8, 4) is 0 Å². The Bertz CT molecular complexity index is 1460. The van der Waals surface area contributed by atoms with Crippen molar-refractivity contribution in [1.82, 2.24) is 4.90 Å². The van der Waals surface area contributed by atoms with E-state index in [9.17, 15) is 19.2 Å². The third-order valence-electron chi connectivity index (χ3n) is 7.36. The summed E-state index contributed by atoms with van der Waals surface area (Å²) in [4.78, 5) is 55.2. The monoisotopic (exact) mass is 555 g/mol. The smallest absolute Gasteiger partial charge is 0.311 e. The van der Waals surface area contributed by atoms with Gasteiger partial charge in [-0.1, -0.05) is 49.4 Å². The number of carbonyl (C=O) groups excluding carboxylic acids is 4. The van der Waals surface area contributed by atoms with Gasteiger partial charge < -0.3 is 20.3 Å². The first-order valence-electron chi connectivity index (χ1n) is 13.8. The molecule has 0 heterocycles. The van der Waals surface area contributed by atoms with Crippen molar-refractivity contribution in [2.45, 2.75) is 33.6 Å². The van der Waals surface area contributed by atoms with Crippen molar-refractivity contribution in [3.05, 3.63) is 89.0 Å². The van der Waals surface area contributed by atoms with Crippen LogP contribution in [-0.4, -0.2) is 55.6 Å². The second kappa shape index (κ2) is 12.5. The van der Waals surface area contributed by atoms with E-state index in [1.54, 1.807) is 43.3 Å². The SMILES string of the molecule is CC(CCC(C)(C)C(=O)OCCN(C)C)C(=O)Nc1ccc(Nc2ccccc2)c2c1C(=O)c1ccccc1C2=O. The average molecular weight is 556 g/mol. The topological polar surface area (TPSA) is 105 Å². The van der Waals surface area contributed by atoms with Crippen LogP contribution in [0.2, 0.25) is 0 Å². The molecule has 0 saturated heterocycles. The highest BCUT2D eigenvalue weighted by Gasteiger charge is 2.35. The number of fused-ring (bicyclic) bond motifs is 2. The molecule has 8 nitrogen and oxygen atoms in total. The summed E-state index contributed by atoms with van der Waals surface area (Å²) in [5, 5.41) is 6.15. The molecule has 1 amide bonds. The summed E-state index contributed by atoms with van der Waals surface area (Å²) < 4.78 is 5.42. The maximum Gasteiger partial charge on any atom is 0.311 e. The van der Waals surface area contributed by atoms with Gasteiger partial charge in [-0.05, 0) is 65.0 Å². The number of ether oxygens (including phenoxy) is 1. The van der Waals surface area contributed by atoms with Crippen LogP contribution in [0.15, 0.2) is 66.7 Å². The molecule has 0 aliphatic heterocycles. The van der Waals surface area contributed by atoms with E-state index >= 15 is 0 Å². The Balaban J connectivity index is 1.55. The second-order valence-electron chi connectivity index (χ2n) is 11.4. The molecule has 214 valence electrons. The van der Waals surface area contributed by atoms with Crippen LogP contribution in [-0.2, 0) is 14.3 Å². The number of amides is 1. The Morgan fingerprint density at radius 1 is 0.854 bits per heavy atom. The Morgan fingerprint density at radius 3 is 2.02 bits per heavy atom. The minimum Gasteiger partial charge on any atom is -0.464 e. The van der Waals surface area contributed by atoms with Crippen LogP contribution in [0.1, 0.15) is 65.5 Å². The van der Waals surface area contributed by atoms with Gasteiger partial charge in [-0.2, -0.15) is 0 Å². The number of carbonyl (C=O) groups is 4. The van der Waals surface area contributed by atoms with Crippen molar-refractivity contribution in [2.24, 2.45) is 11.3 Å². The van der Waals surface area contributed by atoms with E-state index in [2.05, 4.69) is 10.6 Å². The molecule has 2 N–H and O–H groups in total. The van der Waals surface area contributed by atoms with Gasteiger partial charge in [0.1, 0.15) is 6.61 Å². The Morgan fingerprint density at radius 2 is 1.41 bits per heavy atom. The summed E-state index contributed by atoms with van der Waals surface area (Å²) >= 11 is 0. The summed E-state index contributed by atoms with van der Waals surface area (Å²) in [7, 11) is 3.82. The van der Waals surface area contributed by atoms with Crippen LogP contribution < -0.4 is 10.6 Å². The van der Waals surface area contributed by atoms with E-state index in [0.29, 0.717) is 42.8 Å². The first-order chi connectivity index (χ1) is 19.5. The fourth-order valence-corrected chi connectivity index (χ4v) is 4.69. The normalized spacial score (nSPS) is 13.3. The van der Waals surface area contributed by atoms with E-state index in [4.69, 9.17) is 4.74 Å². The lowest BCUT2D eigenvalue weighted by Gasteiger charge is -2.25. The molecule has 0 radical (unpaired) electrons. The summed E-state index contributed by atoms with van der Waals surface area (Å²) in [6, 6.07) is 19.4. The largest absolute Gasteiger partial charge is 0.464 e. The van der Waals surface area contributed by atoms with Crippen LogP contribution in [0.25, 0.3) is 0 Å². The van der Waals surface area contributed by atoms with Gasteiger partial charge in [0.15, 0.2) is 11.6 Å². The molecule has 8 heteroatoms. The predicted octanol–water partition coefficient (Wildman–Crippen LogP) is 5.69. The number of anilines is 3. The molecule has 3 aromatic carbocycles. The van der Waals surface area contributed by atoms with E-state index in [1.165, 1.54) is 0 Å². The number of nitrogens with one attached hydrogen (secondary N) is 2. The van der Waals surface area contributed by atoms with E-state index in [-0.39, 0.29) is 40.3 Å². The maximum absolute atomic E-state index is 13.7. The molecule has 1 atom stereocenters. The number of benzene rings is 3. The highest BCUT2D eigenvalue weighted by molar-refractivity contribution is 6.32. The zero-order valence-corrected chi connectivity index (χ0v) is 24.2. The van der Waals surface area contributed by atoms with Gasteiger partial charge in [0.05, 0.1) is 27.9 Å². The van der Waals surface area contributed by atoms with Gasteiger partial charge in [-0.15, -0.1) is 0 Å². The average Bonchev–Trinajstić information content (AvgIpc) is 2.95. The molecule has 1 aliphatic carbocycles. The van der Waals surface area contributed by atoms with Gasteiger partial charge in [-0.3, -0.25) is 19.2 Å². The van der Waals surface area contributed by atoms with Gasteiger partial charge in [0.25, 0.3) is 0 Å². The molecule has 1 unspecified atom stereocenters. The summed E-state index contributed by atoms with van der Waals surface area (Å²) in [6.45, 7) is 6.35. The molecule has 1 aliphatic rings. The molecule has 41 heavy (non-hydrogen) atoms. The van der Waals surface area contributed by atoms with Crippen LogP contribution in [0.5, 0.6) is 0 Å². The number of likely N-dealkylation sites (N-methyl/N-ethyl adjacent to an activating group) is 1. The minimum atomic E-state index is -0.753. The summed E-state index contributed by atoms with van der Waals surface area (Å²) in [5.41, 5.74) is 1.81. The molecule has 0 bridgehead atoms. The van der Waals surface area contributed by atoms with Crippen LogP contribution in [0, 0.1) is 11.3 Å². The first kappa shape index (κ1) is 29.7. The van der Waals surface area contributed by atoms with Gasteiger partial charge in [-0.25, -0.2) is 0 Å². The first-order valence-corrected chi connectivity index (χ1v) is 13.8. The standard InChI is InChI=1S/C33H37N3O5/c1-21(17-18-33(2,3)32(40)41-20-19-36(4)5)31(39)35-26-16-15-25(34-22-11-7-6-8-12-22)27-28(26)30(38)24-14-10-9-13-23(24)29(27)37/h6-16,21,34H,17-20H2,1-5H3,(H,35,39). The zero-order valence-electron chi connectivity index (χ0n) is 24.2. The lowest BCUT2D eigenvalue weighted by molar-refractivity contribution is -0.155. The Hall–Kier alpha value is -4.30. The van der Waals surface area contributed by atoms with Crippen molar-refractivity contribution >= 4 is 40.5 Å². The van der Waals surface area contributed by atoms with Crippen LogP contribution >= 0.6 is 0 Å². The van der Waals surface area contributed by atoms with Crippen molar-refractivity contribution in [1.29, 1.82) is 0 Å². The maximum atomic E-state index is 13.7. The highest BCUT2D eigenvalue weighted by atomic mass is 16.5. The fraction of sp³-hybridized carbons (Fsp3) is 0.333. The quantitative estimate of drug-likeness (QED) is 0.229. The van der Waals surface area contributed by atoms with Gasteiger partial charge >= 0.3 is 5.97 Å². The second-order valence-corrected chi connectivity index (χ2v) is 11.4. The van der Waals surface area contributed by atoms with Crippen molar-refractivity contribution < 1.29 is 23.9 Å². The molecule has 0 fully saturated rings. The summed E-state index contributed by atoms with van der Waals surface area (Å²) in [5.74, 6) is -1.66. The highest BCUT2D eigenvalue weighted by Crippen LogP contribution is 2.38. The number of ketones is 2. The lowest BCUT2D eigenvalue weighted by atomic mass is 9.82. The molecular formula is C33H37N3O5.